The van der Waals surface area contributed by atoms with E-state index in [9.17, 15) is 13.2 Å². The van der Waals surface area contributed by atoms with Crippen molar-refractivity contribution in [2.45, 2.75) is 19.4 Å². The van der Waals surface area contributed by atoms with Crippen LogP contribution in [0.25, 0.3) is 0 Å². The Hall–Kier alpha value is -1.14. The van der Waals surface area contributed by atoms with Crippen molar-refractivity contribution >= 4 is 15.8 Å². The Balaban J connectivity index is 2.44. The first-order valence-corrected chi connectivity index (χ1v) is 7.11. The second kappa shape index (κ2) is 5.97. The van der Waals surface area contributed by atoms with Crippen molar-refractivity contribution in [3.63, 3.8) is 0 Å². The van der Waals surface area contributed by atoms with E-state index in [4.69, 9.17) is 0 Å². The molecule has 0 bridgehead atoms. The smallest absolute Gasteiger partial charge is 0.333 e. The lowest BCUT2D eigenvalue weighted by Gasteiger charge is -2.08. The van der Waals surface area contributed by atoms with Gasteiger partial charge in [0, 0.05) is 23.6 Å². The van der Waals surface area contributed by atoms with Crippen molar-refractivity contribution in [1.29, 1.82) is 0 Å². The molecule has 1 unspecified atom stereocenters. The molecule has 0 aromatic carbocycles. The second-order valence-electron chi connectivity index (χ2n) is 3.75. The Morgan fingerprint density at radius 3 is 2.76 bits per heavy atom. The maximum absolute atomic E-state index is 11.2. The average molecular weight is 259 g/mol. The molecule has 0 aromatic rings. The quantitative estimate of drug-likeness (QED) is 0.571. The molecule has 17 heavy (non-hydrogen) atoms. The number of nitrogens with one attached hydrogen (secondary N) is 1. The number of rotatable bonds is 5. The van der Waals surface area contributed by atoms with E-state index in [0.29, 0.717) is 18.5 Å². The summed E-state index contributed by atoms with van der Waals surface area (Å²) in [4.78, 5) is 11.2. The molecule has 0 aliphatic carbocycles. The van der Waals surface area contributed by atoms with E-state index in [2.05, 4.69) is 10.1 Å². The molecular formula is C11H17NO4S. The number of hydrogen-bond donors (Lipinski definition) is 1. The van der Waals surface area contributed by atoms with Gasteiger partial charge in [-0.2, -0.15) is 0 Å². The van der Waals surface area contributed by atoms with Crippen LogP contribution in [0.2, 0.25) is 0 Å². The average Bonchev–Trinajstić information content (AvgIpc) is 2.63. The fraction of sp³-hybridized carbons (Fsp3) is 0.545. The number of carbonyl (C=O) groups is 1. The third-order valence-corrected chi connectivity index (χ3v) is 3.88. The van der Waals surface area contributed by atoms with Gasteiger partial charge in [0.15, 0.2) is 9.84 Å². The van der Waals surface area contributed by atoms with Crippen LogP contribution in [0.3, 0.4) is 0 Å². The van der Waals surface area contributed by atoms with E-state index in [1.54, 1.807) is 12.2 Å². The fourth-order valence-electron chi connectivity index (χ4n) is 1.54. The molecule has 0 radical (unpaired) electrons. The van der Waals surface area contributed by atoms with Crippen molar-refractivity contribution in [3.8, 4) is 0 Å². The Morgan fingerprint density at radius 2 is 2.29 bits per heavy atom. The molecule has 1 aliphatic heterocycles. The first kappa shape index (κ1) is 13.9. The summed E-state index contributed by atoms with van der Waals surface area (Å²) in [6.45, 7) is 2.31. The number of ether oxygens (including phenoxy) is 1. The molecule has 1 atom stereocenters. The van der Waals surface area contributed by atoms with Crippen LogP contribution in [-0.2, 0) is 19.4 Å². The topological polar surface area (TPSA) is 72.5 Å². The summed E-state index contributed by atoms with van der Waals surface area (Å²) in [7, 11) is -1.69. The monoisotopic (exact) mass is 259 g/mol. The summed E-state index contributed by atoms with van der Waals surface area (Å²) < 4.78 is 26.9. The molecule has 1 rings (SSSR count). The van der Waals surface area contributed by atoms with E-state index in [-0.39, 0.29) is 17.8 Å². The fourth-order valence-corrected chi connectivity index (χ4v) is 2.81. The van der Waals surface area contributed by atoms with Crippen LogP contribution in [-0.4, -0.2) is 39.8 Å². The zero-order chi connectivity index (χ0) is 12.9. The summed E-state index contributed by atoms with van der Waals surface area (Å²) in [5.74, 6) is -0.260. The minimum absolute atomic E-state index is 0.0839. The van der Waals surface area contributed by atoms with Gasteiger partial charge in [0.05, 0.1) is 12.9 Å². The lowest BCUT2D eigenvalue weighted by atomic mass is 10.2. The summed E-state index contributed by atoms with van der Waals surface area (Å²) in [5.41, 5.74) is 0.588. The van der Waals surface area contributed by atoms with Crippen molar-refractivity contribution in [2.75, 3.05) is 19.4 Å². The van der Waals surface area contributed by atoms with Crippen molar-refractivity contribution < 1.29 is 17.9 Å². The Bertz CT molecular complexity index is 436. The van der Waals surface area contributed by atoms with Gasteiger partial charge in [-0.25, -0.2) is 13.2 Å². The first-order valence-electron chi connectivity index (χ1n) is 5.40. The molecule has 1 heterocycles. The van der Waals surface area contributed by atoms with Gasteiger partial charge in [-0.1, -0.05) is 19.1 Å². The molecule has 5 nitrogen and oxygen atoms in total. The molecule has 1 N–H and O–H groups in total. The Labute approximate surface area is 101 Å². The molecule has 1 aliphatic rings. The molecule has 0 saturated heterocycles. The van der Waals surface area contributed by atoms with Crippen LogP contribution in [0.15, 0.2) is 23.1 Å². The minimum atomic E-state index is -3.03. The predicted molar refractivity (Wildman–Crippen MR) is 65.1 cm³/mol. The van der Waals surface area contributed by atoms with E-state index in [0.717, 1.165) is 0 Å². The number of methoxy groups -OCH3 is 1. The summed E-state index contributed by atoms with van der Waals surface area (Å²) in [6, 6.07) is -0.174. The molecule has 96 valence electrons. The van der Waals surface area contributed by atoms with E-state index in [1.165, 1.54) is 12.5 Å². The molecule has 0 saturated carbocycles. The highest BCUT2D eigenvalue weighted by atomic mass is 32.2. The van der Waals surface area contributed by atoms with Crippen LogP contribution in [0.4, 0.5) is 0 Å². The molecule has 0 amide bonds. The Kier molecular flexibility index (Phi) is 4.89. The standard InChI is InChI=1S/C11H17NO4S/c1-3-9(11(13)16-2)4-6-12-10-5-7-17(14,15)8-10/h4-5,7,10,12H,3,6,8H2,1-2H3/b9-4-. The second-order valence-corrected chi connectivity index (χ2v) is 5.68. The largest absolute Gasteiger partial charge is 0.466 e. The molecular weight excluding hydrogens is 242 g/mol. The summed E-state index contributed by atoms with van der Waals surface area (Å²) >= 11 is 0. The number of sulfone groups is 1. The highest BCUT2D eigenvalue weighted by Crippen LogP contribution is 2.08. The lowest BCUT2D eigenvalue weighted by molar-refractivity contribution is -0.136. The lowest BCUT2D eigenvalue weighted by Crippen LogP contribution is -2.30. The van der Waals surface area contributed by atoms with Gasteiger partial charge >= 0.3 is 5.97 Å². The van der Waals surface area contributed by atoms with Crippen LogP contribution in [0.5, 0.6) is 0 Å². The zero-order valence-electron chi connectivity index (χ0n) is 9.97. The Morgan fingerprint density at radius 1 is 1.59 bits per heavy atom. The van der Waals surface area contributed by atoms with Gasteiger partial charge < -0.3 is 10.1 Å². The predicted octanol–water partition coefficient (Wildman–Crippen LogP) is 0.396. The van der Waals surface area contributed by atoms with Crippen LogP contribution >= 0.6 is 0 Å². The van der Waals surface area contributed by atoms with Gasteiger partial charge in [-0.3, -0.25) is 0 Å². The molecule has 0 fully saturated rings. The van der Waals surface area contributed by atoms with Crippen molar-refractivity contribution in [1.82, 2.24) is 5.32 Å². The third kappa shape index (κ3) is 4.32. The molecule has 0 aromatic heterocycles. The maximum Gasteiger partial charge on any atom is 0.333 e. The van der Waals surface area contributed by atoms with Gasteiger partial charge in [0.25, 0.3) is 0 Å². The van der Waals surface area contributed by atoms with Crippen LogP contribution in [0, 0.1) is 0 Å². The van der Waals surface area contributed by atoms with Crippen molar-refractivity contribution in [3.05, 3.63) is 23.1 Å². The number of hydrogen-bond acceptors (Lipinski definition) is 5. The normalized spacial score (nSPS) is 22.7. The van der Waals surface area contributed by atoms with E-state index < -0.39 is 9.84 Å². The highest BCUT2D eigenvalue weighted by molar-refractivity contribution is 7.94. The highest BCUT2D eigenvalue weighted by Gasteiger charge is 2.20. The van der Waals surface area contributed by atoms with E-state index >= 15 is 0 Å². The first-order chi connectivity index (χ1) is 7.98. The van der Waals surface area contributed by atoms with Gasteiger partial charge in [0.1, 0.15) is 0 Å². The van der Waals surface area contributed by atoms with E-state index in [1.807, 2.05) is 6.92 Å². The third-order valence-electron chi connectivity index (χ3n) is 2.49. The maximum atomic E-state index is 11.2. The summed E-state index contributed by atoms with van der Waals surface area (Å²) in [5, 5.41) is 4.25. The SMILES string of the molecule is CC/C(=C/CNC1C=CS(=O)(=O)C1)C(=O)OC. The van der Waals surface area contributed by atoms with Crippen molar-refractivity contribution in [2.24, 2.45) is 0 Å². The minimum Gasteiger partial charge on any atom is -0.466 e. The molecule has 0 spiro atoms. The number of carbonyl (C=O) groups excluding carboxylic acids is 1. The van der Waals surface area contributed by atoms with Crippen LogP contribution in [0.1, 0.15) is 13.3 Å². The van der Waals surface area contributed by atoms with Crippen LogP contribution < -0.4 is 5.32 Å². The van der Waals surface area contributed by atoms with Gasteiger partial charge in [-0.05, 0) is 6.42 Å². The zero-order valence-corrected chi connectivity index (χ0v) is 10.8. The van der Waals surface area contributed by atoms with Gasteiger partial charge in [0.2, 0.25) is 0 Å². The molecule has 6 heteroatoms. The van der Waals surface area contributed by atoms with Gasteiger partial charge in [-0.15, -0.1) is 0 Å². The number of esters is 1. The summed E-state index contributed by atoms with van der Waals surface area (Å²) in [6.07, 6.45) is 3.94.